The van der Waals surface area contributed by atoms with Crippen LogP contribution in [-0.4, -0.2) is 4.98 Å². The average molecular weight is 280 g/mol. The lowest BCUT2D eigenvalue weighted by molar-refractivity contribution is 0.723. The van der Waals surface area contributed by atoms with Crippen LogP contribution in [0.5, 0.6) is 0 Å². The highest BCUT2D eigenvalue weighted by atomic mass is 14.7. The second-order valence-corrected chi connectivity index (χ2v) is 4.85. The van der Waals surface area contributed by atoms with Gasteiger partial charge in [0.2, 0.25) is 0 Å². The van der Waals surface area contributed by atoms with Crippen LogP contribution in [0.1, 0.15) is 39.7 Å². The monoisotopic (exact) mass is 280 g/mol. The molecule has 0 aliphatic rings. The van der Waals surface area contributed by atoms with Gasteiger partial charge in [0.1, 0.15) is 0 Å². The maximum atomic E-state index is 5.99. The minimum Gasteiger partial charge on any atom is -0.396 e. The normalized spacial score (nSPS) is 11.4. The van der Waals surface area contributed by atoms with Crippen molar-refractivity contribution >= 4 is 22.7 Å². The van der Waals surface area contributed by atoms with Gasteiger partial charge in [0.05, 0.1) is 11.2 Å². The summed E-state index contributed by atoms with van der Waals surface area (Å²) in [5.41, 5.74) is 8.65. The number of rotatable bonds is 2. The summed E-state index contributed by atoms with van der Waals surface area (Å²) in [7, 11) is 0. The Kier molecular flexibility index (Phi) is 7.04. The van der Waals surface area contributed by atoms with Gasteiger partial charge in [-0.25, -0.2) is 0 Å². The SMILES string of the molecule is C/C=C\c1ccc2cccnc2c1N.CC#CC(C)CC. The first-order valence-corrected chi connectivity index (χ1v) is 7.32. The Balaban J connectivity index is 0.000000270. The summed E-state index contributed by atoms with van der Waals surface area (Å²) in [6.07, 6.45) is 6.89. The maximum absolute atomic E-state index is 5.99. The van der Waals surface area contributed by atoms with E-state index in [9.17, 15) is 0 Å². The van der Waals surface area contributed by atoms with Crippen LogP contribution >= 0.6 is 0 Å². The van der Waals surface area contributed by atoms with Gasteiger partial charge in [-0.05, 0) is 31.9 Å². The Bertz CT molecular complexity index is 660. The highest BCUT2D eigenvalue weighted by Gasteiger charge is 2.01. The van der Waals surface area contributed by atoms with Crippen molar-refractivity contribution in [2.24, 2.45) is 5.92 Å². The lowest BCUT2D eigenvalue weighted by Gasteiger charge is -2.04. The predicted molar refractivity (Wildman–Crippen MR) is 93.8 cm³/mol. The zero-order valence-corrected chi connectivity index (χ0v) is 13.4. The molecule has 1 aromatic carbocycles. The van der Waals surface area contributed by atoms with Gasteiger partial charge >= 0.3 is 0 Å². The summed E-state index contributed by atoms with van der Waals surface area (Å²) >= 11 is 0. The van der Waals surface area contributed by atoms with Gasteiger partial charge in [-0.1, -0.05) is 44.2 Å². The molecule has 0 spiro atoms. The number of benzene rings is 1. The molecule has 0 radical (unpaired) electrons. The van der Waals surface area contributed by atoms with Gasteiger partial charge in [0.25, 0.3) is 0 Å². The third-order valence-electron chi connectivity index (χ3n) is 3.20. The maximum Gasteiger partial charge on any atom is 0.0937 e. The van der Waals surface area contributed by atoms with Gasteiger partial charge in [-0.2, -0.15) is 0 Å². The fourth-order valence-electron chi connectivity index (χ4n) is 1.86. The van der Waals surface area contributed by atoms with Gasteiger partial charge in [0, 0.05) is 17.5 Å². The number of nitrogens with two attached hydrogens (primary N) is 1. The van der Waals surface area contributed by atoms with Crippen molar-refractivity contribution in [3.63, 3.8) is 0 Å². The van der Waals surface area contributed by atoms with Crippen molar-refractivity contribution in [2.75, 3.05) is 5.73 Å². The van der Waals surface area contributed by atoms with Crippen molar-refractivity contribution in [1.29, 1.82) is 0 Å². The zero-order valence-electron chi connectivity index (χ0n) is 13.4. The van der Waals surface area contributed by atoms with Gasteiger partial charge < -0.3 is 5.73 Å². The minimum absolute atomic E-state index is 0.588. The van der Waals surface area contributed by atoms with Crippen LogP contribution in [0.3, 0.4) is 0 Å². The van der Waals surface area contributed by atoms with Crippen LogP contribution in [0.25, 0.3) is 17.0 Å². The second kappa shape index (κ2) is 8.81. The van der Waals surface area contributed by atoms with E-state index in [1.807, 2.05) is 50.3 Å². The molecule has 2 N–H and O–H groups in total. The van der Waals surface area contributed by atoms with Crippen LogP contribution in [0.4, 0.5) is 5.69 Å². The minimum atomic E-state index is 0.588. The first-order valence-electron chi connectivity index (χ1n) is 7.32. The Morgan fingerprint density at radius 2 is 2.10 bits per heavy atom. The molecule has 21 heavy (non-hydrogen) atoms. The lowest BCUT2D eigenvalue weighted by Crippen LogP contribution is -1.92. The fraction of sp³-hybridized carbons (Fsp3) is 0.316. The molecule has 0 bridgehead atoms. The Morgan fingerprint density at radius 1 is 1.33 bits per heavy atom. The molecule has 2 heteroatoms. The van der Waals surface area contributed by atoms with E-state index in [0.717, 1.165) is 22.2 Å². The summed E-state index contributed by atoms with van der Waals surface area (Å²) < 4.78 is 0. The first-order chi connectivity index (χ1) is 10.1. The second-order valence-electron chi connectivity index (χ2n) is 4.85. The van der Waals surface area contributed by atoms with Crippen LogP contribution in [-0.2, 0) is 0 Å². The van der Waals surface area contributed by atoms with E-state index < -0.39 is 0 Å². The van der Waals surface area contributed by atoms with E-state index in [0.29, 0.717) is 5.92 Å². The summed E-state index contributed by atoms with van der Waals surface area (Å²) in [5.74, 6) is 6.50. The molecule has 1 heterocycles. The molecule has 0 aliphatic carbocycles. The smallest absolute Gasteiger partial charge is 0.0937 e. The first kappa shape index (κ1) is 16.8. The Labute approximate surface area is 128 Å². The van der Waals surface area contributed by atoms with Crippen LogP contribution < -0.4 is 5.73 Å². The van der Waals surface area contributed by atoms with E-state index in [4.69, 9.17) is 5.73 Å². The molecule has 2 rings (SSSR count). The van der Waals surface area contributed by atoms with Crippen molar-refractivity contribution in [3.8, 4) is 11.8 Å². The van der Waals surface area contributed by atoms with E-state index in [-0.39, 0.29) is 0 Å². The highest BCUT2D eigenvalue weighted by Crippen LogP contribution is 2.23. The third kappa shape index (κ3) is 4.96. The number of hydrogen-bond donors (Lipinski definition) is 1. The summed E-state index contributed by atoms with van der Waals surface area (Å²) in [6.45, 7) is 8.14. The molecule has 1 aromatic heterocycles. The number of nitrogens with zero attached hydrogens (tertiary/aromatic N) is 1. The standard InChI is InChI=1S/C12H12N2.C7H12/c1-2-4-9-6-7-10-5-3-8-14-12(10)11(9)13;1-4-6-7(3)5-2/h2-8H,13H2,1H3;7H,5H2,1-3H3/b4-2-;. The van der Waals surface area contributed by atoms with Gasteiger partial charge in [-0.3, -0.25) is 4.98 Å². The Morgan fingerprint density at radius 3 is 2.67 bits per heavy atom. The molecule has 1 unspecified atom stereocenters. The third-order valence-corrected chi connectivity index (χ3v) is 3.20. The van der Waals surface area contributed by atoms with Crippen LogP contribution in [0.15, 0.2) is 36.5 Å². The summed E-state index contributed by atoms with van der Waals surface area (Å²) in [4.78, 5) is 4.26. The van der Waals surface area contributed by atoms with E-state index in [2.05, 4.69) is 30.7 Å². The number of allylic oxidation sites excluding steroid dienone is 1. The molecule has 0 saturated heterocycles. The summed E-state index contributed by atoms with van der Waals surface area (Å²) in [6, 6.07) is 7.97. The lowest BCUT2D eigenvalue weighted by atomic mass is 10.1. The van der Waals surface area contributed by atoms with Crippen molar-refractivity contribution in [2.45, 2.75) is 34.1 Å². The van der Waals surface area contributed by atoms with E-state index >= 15 is 0 Å². The zero-order chi connectivity index (χ0) is 15.7. The molecule has 0 aliphatic heterocycles. The number of hydrogen-bond acceptors (Lipinski definition) is 2. The summed E-state index contributed by atoms with van der Waals surface area (Å²) in [5, 5.41) is 1.08. The molecular formula is C19H24N2. The molecule has 0 amide bonds. The van der Waals surface area contributed by atoms with Gasteiger partial charge in [0.15, 0.2) is 0 Å². The van der Waals surface area contributed by atoms with E-state index in [1.54, 1.807) is 6.20 Å². The van der Waals surface area contributed by atoms with Gasteiger partial charge in [-0.15, -0.1) is 11.8 Å². The quantitative estimate of drug-likeness (QED) is 0.627. The van der Waals surface area contributed by atoms with Crippen molar-refractivity contribution in [3.05, 3.63) is 42.1 Å². The van der Waals surface area contributed by atoms with Crippen molar-refractivity contribution < 1.29 is 0 Å². The average Bonchev–Trinajstić information content (AvgIpc) is 2.51. The number of fused-ring (bicyclic) bond motifs is 1. The van der Waals surface area contributed by atoms with E-state index in [1.165, 1.54) is 6.42 Å². The molecule has 2 nitrogen and oxygen atoms in total. The molecule has 0 fully saturated rings. The Hall–Kier alpha value is -2.27. The largest absolute Gasteiger partial charge is 0.396 e. The molecule has 0 saturated carbocycles. The number of pyridine rings is 1. The highest BCUT2D eigenvalue weighted by molar-refractivity contribution is 5.93. The topological polar surface area (TPSA) is 38.9 Å². The van der Waals surface area contributed by atoms with Crippen LogP contribution in [0, 0.1) is 17.8 Å². The number of nitrogen functional groups attached to an aromatic ring is 1. The van der Waals surface area contributed by atoms with Crippen molar-refractivity contribution in [1.82, 2.24) is 4.98 Å². The molecule has 2 aromatic rings. The number of aromatic nitrogens is 1. The predicted octanol–water partition coefficient (Wildman–Crippen LogP) is 4.91. The number of anilines is 1. The molecule has 110 valence electrons. The van der Waals surface area contributed by atoms with Crippen LogP contribution in [0.2, 0.25) is 0 Å². The molecule has 1 atom stereocenters. The fourth-order valence-corrected chi connectivity index (χ4v) is 1.86. The molecular weight excluding hydrogens is 256 g/mol.